The highest BCUT2D eigenvalue weighted by Crippen LogP contribution is 2.32. The number of alkyl halides is 2. The predicted octanol–water partition coefficient (Wildman–Crippen LogP) is 2.60. The van der Waals surface area contributed by atoms with Crippen LogP contribution in [0.4, 0.5) is 18.7 Å². The molecule has 36 heavy (non-hydrogen) atoms. The number of urea groups is 1. The van der Waals surface area contributed by atoms with Crippen LogP contribution < -0.4 is 10.8 Å². The number of nitrogens with zero attached hydrogens (tertiary/aromatic N) is 5. The molecule has 1 aromatic heterocycles. The molecule has 200 valence electrons. The lowest BCUT2D eigenvalue weighted by Gasteiger charge is -2.42. The van der Waals surface area contributed by atoms with E-state index >= 15 is 0 Å². The molecule has 2 amide bonds. The van der Waals surface area contributed by atoms with Gasteiger partial charge < -0.3 is 24.3 Å². The number of anilines is 1. The lowest BCUT2D eigenvalue weighted by molar-refractivity contribution is -0.0971. The summed E-state index contributed by atoms with van der Waals surface area (Å²) < 4.78 is 34.4. The SMILES string of the molecule is COCc1cnc(NC(=O)N(C)C2CN(C(=N)/N=C\C=C\ONC3CCN(C)CC3)CCC2(F)F)s1. The first kappa shape index (κ1) is 27.9. The first-order valence-corrected chi connectivity index (χ1v) is 12.5. The number of hydroxylamine groups is 1. The molecule has 1 aromatic rings. The number of aromatic nitrogens is 1. The van der Waals surface area contributed by atoms with Gasteiger partial charge >= 0.3 is 6.03 Å². The van der Waals surface area contributed by atoms with Crippen molar-refractivity contribution in [3.8, 4) is 0 Å². The van der Waals surface area contributed by atoms with E-state index in [0.29, 0.717) is 11.7 Å². The quantitative estimate of drug-likeness (QED) is 0.205. The maximum atomic E-state index is 14.7. The van der Waals surface area contributed by atoms with Gasteiger partial charge in [0.2, 0.25) is 5.96 Å². The maximum absolute atomic E-state index is 14.7. The van der Waals surface area contributed by atoms with Crippen LogP contribution in [-0.4, -0.2) is 103 Å². The zero-order valence-corrected chi connectivity index (χ0v) is 21.6. The number of likely N-dealkylation sites (N-methyl/N-ethyl adjacent to an activating group) is 1. The number of carbonyl (C=O) groups excluding carboxylic acids is 1. The fourth-order valence-electron chi connectivity index (χ4n) is 3.91. The van der Waals surface area contributed by atoms with Crippen LogP contribution in [0.15, 0.2) is 23.5 Å². The van der Waals surface area contributed by atoms with Crippen molar-refractivity contribution in [3.63, 3.8) is 0 Å². The number of ether oxygens (including phenoxy) is 1. The van der Waals surface area contributed by atoms with Crippen molar-refractivity contribution in [2.24, 2.45) is 4.99 Å². The van der Waals surface area contributed by atoms with Gasteiger partial charge in [-0.1, -0.05) is 11.3 Å². The number of rotatable bonds is 8. The highest BCUT2D eigenvalue weighted by Gasteiger charge is 2.48. The Labute approximate surface area is 213 Å². The van der Waals surface area contributed by atoms with Gasteiger partial charge in [0, 0.05) is 52.1 Å². The summed E-state index contributed by atoms with van der Waals surface area (Å²) in [6, 6.07) is -1.85. The summed E-state index contributed by atoms with van der Waals surface area (Å²) in [6.07, 6.45) is 7.38. The van der Waals surface area contributed by atoms with Crippen LogP contribution >= 0.6 is 11.3 Å². The van der Waals surface area contributed by atoms with E-state index in [2.05, 4.69) is 32.7 Å². The molecule has 2 aliphatic rings. The van der Waals surface area contributed by atoms with Crippen molar-refractivity contribution < 1.29 is 23.1 Å². The van der Waals surface area contributed by atoms with Gasteiger partial charge in [-0.05, 0) is 39.1 Å². The van der Waals surface area contributed by atoms with Crippen molar-refractivity contribution in [1.82, 2.24) is 25.2 Å². The van der Waals surface area contributed by atoms with E-state index in [1.807, 2.05) is 0 Å². The van der Waals surface area contributed by atoms with E-state index in [9.17, 15) is 13.6 Å². The Morgan fingerprint density at radius 2 is 2.17 bits per heavy atom. The summed E-state index contributed by atoms with van der Waals surface area (Å²) in [5.74, 6) is -3.27. The van der Waals surface area contributed by atoms with Gasteiger partial charge in [-0.2, -0.15) is 5.48 Å². The van der Waals surface area contributed by atoms with Gasteiger partial charge in [0.25, 0.3) is 5.92 Å². The molecule has 3 rings (SSSR count). The Kier molecular flexibility index (Phi) is 10.1. The predicted molar refractivity (Wildman–Crippen MR) is 135 cm³/mol. The molecule has 0 radical (unpaired) electrons. The largest absolute Gasteiger partial charge is 0.416 e. The van der Waals surface area contributed by atoms with Gasteiger partial charge in [-0.25, -0.2) is 23.6 Å². The molecular weight excluding hydrogens is 494 g/mol. The number of hydrogen-bond acceptors (Lipinski definition) is 8. The molecule has 3 N–H and O–H groups in total. The number of amides is 2. The first-order chi connectivity index (χ1) is 17.2. The summed E-state index contributed by atoms with van der Waals surface area (Å²) in [7, 11) is 4.94. The number of thiazole rings is 1. The van der Waals surface area contributed by atoms with Crippen molar-refractivity contribution in [2.75, 3.05) is 52.7 Å². The van der Waals surface area contributed by atoms with Gasteiger partial charge in [0.15, 0.2) is 5.13 Å². The summed E-state index contributed by atoms with van der Waals surface area (Å²) in [5, 5.41) is 11.0. The number of allylic oxidation sites excluding steroid dienone is 1. The standard InChI is InChI=1S/C22H34F2N8O3S/c1-30-9-5-16(6-10-30)29-35-12-4-8-26-19(25)32-11-7-22(23,24)18(14-32)31(2)21(33)28-20-27-13-17(36-20)15-34-3/h4,8,12-13,16,18,25,29H,5-7,9-11,14-15H2,1-3H3,(H,27,28,33)/b12-4+,25-19?,26-8-. The third-order valence-electron chi connectivity index (χ3n) is 6.12. The van der Waals surface area contributed by atoms with E-state index in [1.165, 1.54) is 41.8 Å². The second kappa shape index (κ2) is 13.0. The molecule has 2 saturated heterocycles. The molecule has 11 nitrogen and oxygen atoms in total. The Morgan fingerprint density at radius 3 is 2.89 bits per heavy atom. The zero-order chi connectivity index (χ0) is 26.1. The van der Waals surface area contributed by atoms with E-state index < -0.39 is 24.4 Å². The molecule has 2 aliphatic heterocycles. The van der Waals surface area contributed by atoms with Crippen LogP contribution in [0.3, 0.4) is 0 Å². The van der Waals surface area contributed by atoms with E-state index in [-0.39, 0.29) is 25.1 Å². The fourth-order valence-corrected chi connectivity index (χ4v) is 4.68. The summed E-state index contributed by atoms with van der Waals surface area (Å²) in [4.78, 5) is 31.5. The van der Waals surface area contributed by atoms with Crippen molar-refractivity contribution in [2.45, 2.75) is 43.9 Å². The number of carbonyl (C=O) groups is 1. The van der Waals surface area contributed by atoms with Crippen molar-refractivity contribution in [3.05, 3.63) is 23.4 Å². The van der Waals surface area contributed by atoms with Crippen LogP contribution in [0.1, 0.15) is 24.1 Å². The van der Waals surface area contributed by atoms with E-state index in [4.69, 9.17) is 15.0 Å². The number of hydrogen-bond donors (Lipinski definition) is 3. The Bertz CT molecular complexity index is 936. The molecule has 14 heteroatoms. The van der Waals surface area contributed by atoms with Crippen molar-refractivity contribution >= 4 is 34.7 Å². The number of guanidine groups is 1. The molecule has 0 spiro atoms. The molecule has 0 aromatic carbocycles. The molecule has 3 heterocycles. The minimum Gasteiger partial charge on any atom is -0.416 e. The summed E-state index contributed by atoms with van der Waals surface area (Å²) in [5.41, 5.74) is 2.98. The van der Waals surface area contributed by atoms with E-state index in [1.54, 1.807) is 13.3 Å². The highest BCUT2D eigenvalue weighted by atomic mass is 32.1. The molecule has 0 aliphatic carbocycles. The number of methoxy groups -OCH3 is 1. The van der Waals surface area contributed by atoms with Gasteiger partial charge in [0.05, 0.1) is 11.5 Å². The average Bonchev–Trinajstić information content (AvgIpc) is 3.28. The van der Waals surface area contributed by atoms with Crippen molar-refractivity contribution in [1.29, 1.82) is 5.41 Å². The number of aliphatic imine (C=N–C) groups is 1. The molecular formula is C22H34F2N8O3S. The topological polar surface area (TPSA) is 118 Å². The molecule has 0 saturated carbocycles. The smallest absolute Gasteiger partial charge is 0.323 e. The Hall–Kier alpha value is -2.68. The van der Waals surface area contributed by atoms with Gasteiger partial charge in [0.1, 0.15) is 12.3 Å². The van der Waals surface area contributed by atoms with Crippen LogP contribution in [0.5, 0.6) is 0 Å². The first-order valence-electron chi connectivity index (χ1n) is 11.7. The average molecular weight is 529 g/mol. The third kappa shape index (κ3) is 7.91. The number of nitrogens with one attached hydrogen (secondary N) is 3. The van der Waals surface area contributed by atoms with Crippen LogP contribution in [0.25, 0.3) is 0 Å². The summed E-state index contributed by atoms with van der Waals surface area (Å²) in [6.45, 7) is 2.10. The normalized spacial score (nSPS) is 21.2. The second-order valence-electron chi connectivity index (χ2n) is 8.82. The number of piperidine rings is 2. The monoisotopic (exact) mass is 528 g/mol. The minimum atomic E-state index is -3.11. The lowest BCUT2D eigenvalue weighted by Crippen LogP contribution is -2.60. The van der Waals surface area contributed by atoms with Gasteiger partial charge in [-0.15, -0.1) is 0 Å². The third-order valence-corrected chi connectivity index (χ3v) is 7.01. The number of likely N-dealkylation sites (tertiary alicyclic amines) is 2. The minimum absolute atomic E-state index is 0.0418. The Morgan fingerprint density at radius 1 is 1.42 bits per heavy atom. The van der Waals surface area contributed by atoms with Gasteiger partial charge in [-0.3, -0.25) is 10.7 Å². The maximum Gasteiger partial charge on any atom is 0.323 e. The Balaban J connectivity index is 1.48. The van der Waals surface area contributed by atoms with Crippen LogP contribution in [0.2, 0.25) is 0 Å². The molecule has 2 fully saturated rings. The lowest BCUT2D eigenvalue weighted by atomic mass is 10.00. The highest BCUT2D eigenvalue weighted by molar-refractivity contribution is 7.15. The van der Waals surface area contributed by atoms with E-state index in [0.717, 1.165) is 35.7 Å². The number of halogens is 2. The van der Waals surface area contributed by atoms with Crippen LogP contribution in [-0.2, 0) is 16.2 Å². The summed E-state index contributed by atoms with van der Waals surface area (Å²) >= 11 is 1.21. The zero-order valence-electron chi connectivity index (χ0n) is 20.7. The van der Waals surface area contributed by atoms with Crippen LogP contribution in [0, 0.1) is 5.41 Å². The second-order valence-corrected chi connectivity index (χ2v) is 9.94. The molecule has 0 bridgehead atoms. The molecule has 1 unspecified atom stereocenters. The fraction of sp³-hybridized carbons (Fsp3) is 0.636. The molecule has 1 atom stereocenters.